The molecule has 1 unspecified atom stereocenters. The topological polar surface area (TPSA) is 29.3 Å². The van der Waals surface area contributed by atoms with Crippen LogP contribution in [0.1, 0.15) is 30.2 Å². The molecule has 2 N–H and O–H groups in total. The fraction of sp³-hybridized carbons (Fsp3) is 0.667. The molecule has 0 saturated carbocycles. The SMILES string of the molecule is CCC(N)CCN1CCc2sccc2C1. The van der Waals surface area contributed by atoms with E-state index in [-0.39, 0.29) is 0 Å². The summed E-state index contributed by atoms with van der Waals surface area (Å²) in [4.78, 5) is 4.12. The second kappa shape index (κ2) is 5.10. The van der Waals surface area contributed by atoms with Gasteiger partial charge >= 0.3 is 0 Å². The molecule has 2 rings (SSSR count). The Balaban J connectivity index is 1.82. The molecule has 0 radical (unpaired) electrons. The van der Waals surface area contributed by atoms with Gasteiger partial charge in [-0.15, -0.1) is 11.3 Å². The van der Waals surface area contributed by atoms with E-state index in [1.165, 1.54) is 18.5 Å². The van der Waals surface area contributed by atoms with E-state index in [0.29, 0.717) is 6.04 Å². The highest BCUT2D eigenvalue weighted by Gasteiger charge is 2.16. The van der Waals surface area contributed by atoms with Gasteiger partial charge in [0.2, 0.25) is 0 Å². The minimum atomic E-state index is 0.383. The van der Waals surface area contributed by atoms with Crippen LogP contribution in [0.3, 0.4) is 0 Å². The fourth-order valence-corrected chi connectivity index (χ4v) is 2.94. The molecule has 15 heavy (non-hydrogen) atoms. The van der Waals surface area contributed by atoms with Gasteiger partial charge in [-0.3, -0.25) is 4.90 Å². The maximum atomic E-state index is 5.94. The van der Waals surface area contributed by atoms with Crippen LogP contribution in [0.5, 0.6) is 0 Å². The molecule has 1 aromatic heterocycles. The standard InChI is InChI=1S/C12H20N2S/c1-2-11(13)3-6-14-7-4-12-10(9-14)5-8-15-12/h5,8,11H,2-4,6-7,9,13H2,1H3. The first-order valence-electron chi connectivity index (χ1n) is 5.82. The van der Waals surface area contributed by atoms with Crippen LogP contribution < -0.4 is 5.73 Å². The van der Waals surface area contributed by atoms with Gasteiger partial charge in [0.25, 0.3) is 0 Å². The predicted octanol–water partition coefficient (Wildman–Crippen LogP) is 2.23. The van der Waals surface area contributed by atoms with Crippen molar-refractivity contribution >= 4 is 11.3 Å². The maximum Gasteiger partial charge on any atom is 0.0244 e. The molecule has 0 aliphatic carbocycles. The van der Waals surface area contributed by atoms with Crippen LogP contribution in [0.2, 0.25) is 0 Å². The summed E-state index contributed by atoms with van der Waals surface area (Å²) in [6, 6.07) is 2.65. The van der Waals surface area contributed by atoms with Gasteiger partial charge < -0.3 is 5.73 Å². The largest absolute Gasteiger partial charge is 0.328 e. The number of fused-ring (bicyclic) bond motifs is 1. The zero-order valence-corrected chi connectivity index (χ0v) is 10.2. The summed E-state index contributed by atoms with van der Waals surface area (Å²) in [6.45, 7) is 5.67. The summed E-state index contributed by atoms with van der Waals surface area (Å²) in [7, 11) is 0. The van der Waals surface area contributed by atoms with Crippen molar-refractivity contribution in [2.75, 3.05) is 13.1 Å². The Morgan fingerprint density at radius 3 is 3.27 bits per heavy atom. The van der Waals surface area contributed by atoms with Crippen molar-refractivity contribution in [3.63, 3.8) is 0 Å². The van der Waals surface area contributed by atoms with Crippen LogP contribution in [0.15, 0.2) is 11.4 Å². The maximum absolute atomic E-state index is 5.94. The molecular weight excluding hydrogens is 204 g/mol. The molecule has 2 heterocycles. The monoisotopic (exact) mass is 224 g/mol. The molecule has 0 saturated heterocycles. The molecule has 1 atom stereocenters. The molecule has 1 aromatic rings. The lowest BCUT2D eigenvalue weighted by molar-refractivity contribution is 0.245. The van der Waals surface area contributed by atoms with Crippen molar-refractivity contribution < 1.29 is 0 Å². The van der Waals surface area contributed by atoms with E-state index in [9.17, 15) is 0 Å². The van der Waals surface area contributed by atoms with Gasteiger partial charge in [0.05, 0.1) is 0 Å². The molecule has 84 valence electrons. The van der Waals surface area contributed by atoms with Gasteiger partial charge in [-0.1, -0.05) is 6.92 Å². The zero-order valence-electron chi connectivity index (χ0n) is 9.41. The normalized spacial score (nSPS) is 18.8. The van der Waals surface area contributed by atoms with Crippen molar-refractivity contribution in [1.82, 2.24) is 4.90 Å². The van der Waals surface area contributed by atoms with Crippen LogP contribution >= 0.6 is 11.3 Å². The number of rotatable bonds is 4. The summed E-state index contributed by atoms with van der Waals surface area (Å²) in [5.41, 5.74) is 7.48. The molecule has 1 aliphatic rings. The van der Waals surface area contributed by atoms with Crippen molar-refractivity contribution in [1.29, 1.82) is 0 Å². The van der Waals surface area contributed by atoms with Crippen molar-refractivity contribution in [2.45, 2.75) is 38.8 Å². The van der Waals surface area contributed by atoms with Crippen LogP contribution in [-0.4, -0.2) is 24.0 Å². The molecule has 0 spiro atoms. The first-order valence-corrected chi connectivity index (χ1v) is 6.70. The highest BCUT2D eigenvalue weighted by molar-refractivity contribution is 7.10. The number of hydrogen-bond donors (Lipinski definition) is 1. The number of nitrogens with two attached hydrogens (primary N) is 1. The molecule has 0 bridgehead atoms. The smallest absolute Gasteiger partial charge is 0.0244 e. The fourth-order valence-electron chi connectivity index (χ4n) is 2.05. The first-order chi connectivity index (χ1) is 7.29. The Bertz CT molecular complexity index is 308. The van der Waals surface area contributed by atoms with Gasteiger partial charge in [0.1, 0.15) is 0 Å². The van der Waals surface area contributed by atoms with E-state index >= 15 is 0 Å². The average molecular weight is 224 g/mol. The molecule has 1 aliphatic heterocycles. The summed E-state index contributed by atoms with van der Waals surface area (Å²) in [6.07, 6.45) is 3.46. The average Bonchev–Trinajstić information content (AvgIpc) is 2.72. The molecular formula is C12H20N2S. The van der Waals surface area contributed by atoms with Gasteiger partial charge in [-0.2, -0.15) is 0 Å². The second-order valence-electron chi connectivity index (χ2n) is 4.35. The number of hydrogen-bond acceptors (Lipinski definition) is 3. The van der Waals surface area contributed by atoms with Crippen LogP contribution in [0, 0.1) is 0 Å². The molecule has 0 aromatic carbocycles. The molecule has 0 amide bonds. The number of thiophene rings is 1. The lowest BCUT2D eigenvalue weighted by Gasteiger charge is -2.27. The van der Waals surface area contributed by atoms with E-state index < -0.39 is 0 Å². The summed E-state index contributed by atoms with van der Waals surface area (Å²) in [5.74, 6) is 0. The quantitative estimate of drug-likeness (QED) is 0.850. The highest BCUT2D eigenvalue weighted by atomic mass is 32.1. The summed E-state index contributed by atoms with van der Waals surface area (Å²) >= 11 is 1.90. The third-order valence-corrected chi connectivity index (χ3v) is 4.25. The lowest BCUT2D eigenvalue weighted by Crippen LogP contribution is -2.33. The molecule has 3 heteroatoms. The van der Waals surface area contributed by atoms with Gasteiger partial charge in [0.15, 0.2) is 0 Å². The predicted molar refractivity (Wildman–Crippen MR) is 66.2 cm³/mol. The molecule has 0 fully saturated rings. The van der Waals surface area contributed by atoms with Crippen LogP contribution in [-0.2, 0) is 13.0 Å². The van der Waals surface area contributed by atoms with E-state index in [0.717, 1.165) is 25.9 Å². The van der Waals surface area contributed by atoms with Gasteiger partial charge in [-0.05, 0) is 42.8 Å². The minimum absolute atomic E-state index is 0.383. The number of nitrogens with zero attached hydrogens (tertiary/aromatic N) is 1. The van der Waals surface area contributed by atoms with Crippen molar-refractivity contribution in [2.24, 2.45) is 5.73 Å². The van der Waals surface area contributed by atoms with Crippen molar-refractivity contribution in [3.05, 3.63) is 21.9 Å². The second-order valence-corrected chi connectivity index (χ2v) is 5.35. The Kier molecular flexibility index (Phi) is 3.78. The van der Waals surface area contributed by atoms with Crippen LogP contribution in [0.25, 0.3) is 0 Å². The third kappa shape index (κ3) is 2.80. The minimum Gasteiger partial charge on any atom is -0.328 e. The molecule has 2 nitrogen and oxygen atoms in total. The van der Waals surface area contributed by atoms with E-state index in [1.807, 2.05) is 11.3 Å². The Morgan fingerprint density at radius 1 is 1.60 bits per heavy atom. The van der Waals surface area contributed by atoms with E-state index in [4.69, 9.17) is 5.73 Å². The van der Waals surface area contributed by atoms with E-state index in [2.05, 4.69) is 23.3 Å². The zero-order chi connectivity index (χ0) is 10.7. The summed E-state index contributed by atoms with van der Waals surface area (Å²) < 4.78 is 0. The highest BCUT2D eigenvalue weighted by Crippen LogP contribution is 2.23. The Morgan fingerprint density at radius 2 is 2.47 bits per heavy atom. The van der Waals surface area contributed by atoms with Gasteiger partial charge in [-0.25, -0.2) is 0 Å². The first kappa shape index (κ1) is 11.1. The Labute approximate surface area is 96.1 Å². The van der Waals surface area contributed by atoms with E-state index in [1.54, 1.807) is 4.88 Å². The Hall–Kier alpha value is -0.380. The van der Waals surface area contributed by atoms with Crippen molar-refractivity contribution in [3.8, 4) is 0 Å². The lowest BCUT2D eigenvalue weighted by atomic mass is 10.1. The third-order valence-electron chi connectivity index (χ3n) is 3.23. The van der Waals surface area contributed by atoms with Crippen LogP contribution in [0.4, 0.5) is 0 Å². The summed E-state index contributed by atoms with van der Waals surface area (Å²) in [5, 5.41) is 2.21. The van der Waals surface area contributed by atoms with Gasteiger partial charge in [0, 0.05) is 24.0 Å².